The molecule has 3 aliphatic rings. The smallest absolute Gasteiger partial charge is 0.312 e. The molecule has 3 saturated heterocycles. The molecule has 0 radical (unpaired) electrons. The molecule has 1 spiro atoms. The fourth-order valence-electron chi connectivity index (χ4n) is 6.63. The summed E-state index contributed by atoms with van der Waals surface area (Å²) in [5, 5.41) is 9.34. The van der Waals surface area contributed by atoms with E-state index in [1.165, 1.54) is 0 Å². The molecule has 0 aromatic carbocycles. The molecule has 2 bridgehead atoms. The zero-order valence-corrected chi connectivity index (χ0v) is 23.0. The van der Waals surface area contributed by atoms with Crippen molar-refractivity contribution in [2.24, 2.45) is 17.8 Å². The Morgan fingerprint density at radius 2 is 1.97 bits per heavy atom. The van der Waals surface area contributed by atoms with Crippen molar-refractivity contribution in [3.05, 3.63) is 25.3 Å². The van der Waals surface area contributed by atoms with Crippen molar-refractivity contribution in [2.75, 3.05) is 32.8 Å². The second-order valence-corrected chi connectivity index (χ2v) is 11.0. The molecule has 3 fully saturated rings. The van der Waals surface area contributed by atoms with E-state index < -0.39 is 35.0 Å². The van der Waals surface area contributed by atoms with E-state index in [9.17, 15) is 19.5 Å². The summed E-state index contributed by atoms with van der Waals surface area (Å²) in [7, 11) is 0. The summed E-state index contributed by atoms with van der Waals surface area (Å²) in [6.07, 6.45) is 9.42. The number of amides is 2. The van der Waals surface area contributed by atoms with Crippen LogP contribution >= 0.6 is 0 Å². The van der Waals surface area contributed by atoms with Gasteiger partial charge in [-0.2, -0.15) is 0 Å². The number of esters is 1. The molecular formula is C29H46N2O6. The second kappa shape index (κ2) is 12.6. The number of likely N-dealkylation sites (tertiary alicyclic amines) is 1. The fourth-order valence-corrected chi connectivity index (χ4v) is 6.63. The Balaban J connectivity index is 1.96. The molecule has 208 valence electrons. The zero-order valence-electron chi connectivity index (χ0n) is 23.0. The first-order chi connectivity index (χ1) is 17.7. The van der Waals surface area contributed by atoms with Gasteiger partial charge in [-0.05, 0) is 57.8 Å². The SMILES string of the molecule is C=CCCCCOC(=O)[C@@H]1[C@H]2C(=O)N(CCCCO)C(C(=O)N(CC=C)CCCC)C23CC(C)[C@@]1(C)O3. The Morgan fingerprint density at radius 3 is 2.62 bits per heavy atom. The number of nitrogens with zero attached hydrogens (tertiary/aromatic N) is 2. The minimum absolute atomic E-state index is 0.0146. The van der Waals surface area contributed by atoms with E-state index in [0.717, 1.165) is 32.1 Å². The monoisotopic (exact) mass is 518 g/mol. The maximum Gasteiger partial charge on any atom is 0.312 e. The highest BCUT2D eigenvalue weighted by atomic mass is 16.6. The third-order valence-corrected chi connectivity index (χ3v) is 8.60. The second-order valence-electron chi connectivity index (χ2n) is 11.0. The molecule has 2 amide bonds. The largest absolute Gasteiger partial charge is 0.465 e. The third-order valence-electron chi connectivity index (χ3n) is 8.60. The molecule has 37 heavy (non-hydrogen) atoms. The van der Waals surface area contributed by atoms with E-state index in [1.54, 1.807) is 15.9 Å². The Kier molecular flexibility index (Phi) is 9.98. The van der Waals surface area contributed by atoms with Crippen molar-refractivity contribution in [3.63, 3.8) is 0 Å². The molecule has 0 saturated carbocycles. The van der Waals surface area contributed by atoms with Gasteiger partial charge in [-0.25, -0.2) is 0 Å². The van der Waals surface area contributed by atoms with Crippen LogP contribution in [-0.4, -0.2) is 82.8 Å². The summed E-state index contributed by atoms with van der Waals surface area (Å²) in [5.74, 6) is -2.31. The minimum Gasteiger partial charge on any atom is -0.465 e. The summed E-state index contributed by atoms with van der Waals surface area (Å²) < 4.78 is 12.4. The van der Waals surface area contributed by atoms with Gasteiger partial charge in [0.2, 0.25) is 11.8 Å². The molecule has 0 aromatic heterocycles. The van der Waals surface area contributed by atoms with Crippen LogP contribution in [-0.2, 0) is 23.9 Å². The number of hydrogen-bond donors (Lipinski definition) is 1. The van der Waals surface area contributed by atoms with Gasteiger partial charge < -0.3 is 24.4 Å². The lowest BCUT2D eigenvalue weighted by Gasteiger charge is -2.37. The predicted molar refractivity (Wildman–Crippen MR) is 141 cm³/mol. The van der Waals surface area contributed by atoms with Crippen LogP contribution in [0.2, 0.25) is 0 Å². The zero-order chi connectivity index (χ0) is 27.2. The van der Waals surface area contributed by atoms with E-state index in [1.807, 2.05) is 19.9 Å². The highest BCUT2D eigenvalue weighted by Crippen LogP contribution is 2.65. The molecule has 3 aliphatic heterocycles. The summed E-state index contributed by atoms with van der Waals surface area (Å²) in [4.78, 5) is 45.1. The molecule has 0 aromatic rings. The number of aliphatic hydroxyl groups excluding tert-OH is 1. The van der Waals surface area contributed by atoms with Crippen molar-refractivity contribution < 1.29 is 29.0 Å². The lowest BCUT2D eigenvalue weighted by Crippen LogP contribution is -2.56. The Morgan fingerprint density at radius 1 is 1.22 bits per heavy atom. The first-order valence-corrected chi connectivity index (χ1v) is 14.0. The number of rotatable bonds is 16. The van der Waals surface area contributed by atoms with Crippen LogP contribution in [0.25, 0.3) is 0 Å². The van der Waals surface area contributed by atoms with Crippen LogP contribution in [0.4, 0.5) is 0 Å². The van der Waals surface area contributed by atoms with Gasteiger partial charge in [-0.3, -0.25) is 14.4 Å². The Bertz CT molecular complexity index is 861. The standard InChI is InChI=1S/C29H46N2O6/c1-6-9-11-14-19-36-27(35)23-22-25(33)31(17-12-13-18-32)24(26(34)30(15-8-3)16-10-7-2)29(22)20-21(4)28(23,5)37-29/h6,8,21-24,32H,1,3,7,9-20H2,2,4-5H3/t21?,22-,23-,24?,28+,29?/m0/s1. The average molecular weight is 519 g/mol. The number of fused-ring (bicyclic) bond motifs is 1. The Labute approximate surface area is 222 Å². The van der Waals surface area contributed by atoms with E-state index in [2.05, 4.69) is 20.1 Å². The van der Waals surface area contributed by atoms with E-state index in [4.69, 9.17) is 9.47 Å². The van der Waals surface area contributed by atoms with Crippen LogP contribution in [0, 0.1) is 17.8 Å². The van der Waals surface area contributed by atoms with Crippen LogP contribution in [0.1, 0.15) is 72.1 Å². The highest BCUT2D eigenvalue weighted by Gasteiger charge is 2.80. The van der Waals surface area contributed by atoms with Crippen molar-refractivity contribution in [3.8, 4) is 0 Å². The quantitative estimate of drug-likeness (QED) is 0.191. The first-order valence-electron chi connectivity index (χ1n) is 14.0. The molecule has 6 atom stereocenters. The van der Waals surface area contributed by atoms with Gasteiger partial charge >= 0.3 is 5.97 Å². The van der Waals surface area contributed by atoms with Gasteiger partial charge in [0.25, 0.3) is 0 Å². The number of hydrogen-bond acceptors (Lipinski definition) is 6. The van der Waals surface area contributed by atoms with Crippen molar-refractivity contribution in [1.29, 1.82) is 0 Å². The molecule has 3 heterocycles. The van der Waals surface area contributed by atoms with Crippen LogP contribution in [0.5, 0.6) is 0 Å². The van der Waals surface area contributed by atoms with Crippen molar-refractivity contribution in [2.45, 2.75) is 89.4 Å². The average Bonchev–Trinajstić information content (AvgIpc) is 3.38. The van der Waals surface area contributed by atoms with E-state index in [-0.39, 0.29) is 30.9 Å². The molecule has 3 rings (SSSR count). The molecular weight excluding hydrogens is 472 g/mol. The maximum atomic E-state index is 14.1. The van der Waals surface area contributed by atoms with Gasteiger partial charge in [0.1, 0.15) is 17.6 Å². The van der Waals surface area contributed by atoms with Crippen molar-refractivity contribution >= 4 is 17.8 Å². The van der Waals surface area contributed by atoms with Gasteiger partial charge in [-0.15, -0.1) is 13.2 Å². The van der Waals surface area contributed by atoms with Crippen LogP contribution in [0.15, 0.2) is 25.3 Å². The molecule has 1 N–H and O–H groups in total. The predicted octanol–water partition coefficient (Wildman–Crippen LogP) is 3.48. The van der Waals surface area contributed by atoms with Crippen LogP contribution in [0.3, 0.4) is 0 Å². The summed E-state index contributed by atoms with van der Waals surface area (Å²) in [5.41, 5.74) is -1.94. The molecule has 3 unspecified atom stereocenters. The summed E-state index contributed by atoms with van der Waals surface area (Å²) in [6, 6.07) is -0.810. The number of ether oxygens (including phenoxy) is 2. The minimum atomic E-state index is -1.07. The summed E-state index contributed by atoms with van der Waals surface area (Å²) in [6.45, 7) is 15.2. The van der Waals surface area contributed by atoms with E-state index in [0.29, 0.717) is 38.9 Å². The topological polar surface area (TPSA) is 96.4 Å². The molecule has 8 heteroatoms. The normalized spacial score (nSPS) is 31.9. The molecule has 0 aliphatic carbocycles. The number of allylic oxidation sites excluding steroid dienone is 1. The molecule has 8 nitrogen and oxygen atoms in total. The maximum absolute atomic E-state index is 14.1. The van der Waals surface area contributed by atoms with Crippen molar-refractivity contribution in [1.82, 2.24) is 9.80 Å². The number of carbonyl (C=O) groups is 3. The number of unbranched alkanes of at least 4 members (excludes halogenated alkanes) is 4. The van der Waals surface area contributed by atoms with Gasteiger partial charge in [0.15, 0.2) is 0 Å². The first kappa shape index (κ1) is 29.4. The third kappa shape index (κ3) is 5.37. The van der Waals surface area contributed by atoms with Gasteiger partial charge in [0, 0.05) is 26.2 Å². The fraction of sp³-hybridized carbons (Fsp3) is 0.759. The summed E-state index contributed by atoms with van der Waals surface area (Å²) >= 11 is 0. The highest BCUT2D eigenvalue weighted by molar-refractivity contribution is 5.98. The number of carbonyl (C=O) groups excluding carboxylic acids is 3. The number of aliphatic hydroxyl groups is 1. The van der Waals surface area contributed by atoms with E-state index >= 15 is 0 Å². The van der Waals surface area contributed by atoms with Gasteiger partial charge in [0.05, 0.1) is 18.1 Å². The van der Waals surface area contributed by atoms with Crippen LogP contribution < -0.4 is 0 Å². The lowest BCUT2D eigenvalue weighted by atomic mass is 9.62. The van der Waals surface area contributed by atoms with Gasteiger partial charge in [-0.1, -0.05) is 32.4 Å². The lowest BCUT2D eigenvalue weighted by molar-refractivity contribution is -0.162. The Hall–Kier alpha value is -2.19.